The van der Waals surface area contributed by atoms with Gasteiger partial charge in [-0.2, -0.15) is 0 Å². The maximum atomic E-state index is 6.03. The number of para-hydroxylation sites is 2. The molecule has 1 heterocycles. The molecule has 0 saturated heterocycles. The van der Waals surface area contributed by atoms with Gasteiger partial charge in [0.25, 0.3) is 0 Å². The molecule has 3 heteroatoms. The molecule has 18 heavy (non-hydrogen) atoms. The molecule has 1 aromatic heterocycles. The molecule has 0 spiro atoms. The number of nitrogens with zero attached hydrogens (tertiary/aromatic N) is 2. The molecule has 92 valence electrons. The van der Waals surface area contributed by atoms with Crippen LogP contribution in [-0.2, 0) is 6.54 Å². The summed E-state index contributed by atoms with van der Waals surface area (Å²) in [6.07, 6.45) is 8.70. The van der Waals surface area contributed by atoms with Crippen molar-refractivity contribution in [1.29, 1.82) is 0 Å². The van der Waals surface area contributed by atoms with Gasteiger partial charge in [-0.3, -0.25) is 0 Å². The zero-order valence-corrected chi connectivity index (χ0v) is 10.5. The number of hydrogen-bond donors (Lipinski definition) is 1. The molecule has 0 saturated carbocycles. The van der Waals surface area contributed by atoms with Gasteiger partial charge in [0.2, 0.25) is 5.95 Å². The molecule has 0 radical (unpaired) electrons. The van der Waals surface area contributed by atoms with E-state index < -0.39 is 0 Å². The van der Waals surface area contributed by atoms with Crippen molar-refractivity contribution in [3.05, 3.63) is 48.6 Å². The molecule has 1 aliphatic rings. The minimum Gasteiger partial charge on any atom is -0.369 e. The van der Waals surface area contributed by atoms with Crippen molar-refractivity contribution >= 4 is 17.0 Å². The number of imidazole rings is 1. The van der Waals surface area contributed by atoms with Gasteiger partial charge in [0.15, 0.2) is 0 Å². The lowest BCUT2D eigenvalue weighted by Crippen LogP contribution is -2.17. The maximum Gasteiger partial charge on any atom is 0.201 e. The predicted molar refractivity (Wildman–Crippen MR) is 75.1 cm³/mol. The summed E-state index contributed by atoms with van der Waals surface area (Å²) < 4.78 is 2.11. The third-order valence-corrected chi connectivity index (χ3v) is 3.64. The molecule has 2 atom stereocenters. The summed E-state index contributed by atoms with van der Waals surface area (Å²) in [5.41, 5.74) is 8.11. The molecule has 1 aromatic carbocycles. The summed E-state index contributed by atoms with van der Waals surface area (Å²) in [5.74, 6) is 1.62. The molecule has 3 rings (SSSR count). The number of allylic oxidation sites excluding steroid dienone is 4. The summed E-state index contributed by atoms with van der Waals surface area (Å²) in [6.45, 7) is 3.12. The first-order valence-corrected chi connectivity index (χ1v) is 6.31. The fraction of sp³-hybridized carbons (Fsp3) is 0.267. The van der Waals surface area contributed by atoms with Crippen LogP contribution in [0.3, 0.4) is 0 Å². The van der Waals surface area contributed by atoms with E-state index in [1.807, 2.05) is 18.2 Å². The van der Waals surface area contributed by atoms with Crippen LogP contribution in [0.15, 0.2) is 48.6 Å². The molecule has 2 aromatic rings. The van der Waals surface area contributed by atoms with Gasteiger partial charge in [-0.25, -0.2) is 4.98 Å². The zero-order valence-electron chi connectivity index (χ0n) is 10.5. The van der Waals surface area contributed by atoms with Crippen molar-refractivity contribution in [3.8, 4) is 0 Å². The summed E-state index contributed by atoms with van der Waals surface area (Å²) >= 11 is 0. The van der Waals surface area contributed by atoms with E-state index in [1.54, 1.807) is 0 Å². The predicted octanol–water partition coefficient (Wildman–Crippen LogP) is 3.00. The maximum absolute atomic E-state index is 6.03. The van der Waals surface area contributed by atoms with E-state index in [9.17, 15) is 0 Å². The quantitative estimate of drug-likeness (QED) is 0.875. The van der Waals surface area contributed by atoms with Crippen LogP contribution in [0.25, 0.3) is 11.0 Å². The smallest absolute Gasteiger partial charge is 0.201 e. The Kier molecular flexibility index (Phi) is 2.67. The standard InChI is InChI=1S/C15H17N3/c1-11-6-2-3-7-12(11)10-18-14-9-5-4-8-13(14)17-15(18)16/h2-9,11-12H,10H2,1H3,(H2,16,17). The molecule has 2 unspecified atom stereocenters. The summed E-state index contributed by atoms with van der Waals surface area (Å²) in [4.78, 5) is 4.40. The Morgan fingerprint density at radius 1 is 1.22 bits per heavy atom. The number of anilines is 1. The minimum absolute atomic E-state index is 0.481. The van der Waals surface area contributed by atoms with Gasteiger partial charge in [0.05, 0.1) is 11.0 Å². The van der Waals surface area contributed by atoms with Gasteiger partial charge < -0.3 is 10.3 Å². The topological polar surface area (TPSA) is 43.8 Å². The number of benzene rings is 1. The van der Waals surface area contributed by atoms with Gasteiger partial charge in [0.1, 0.15) is 0 Å². The van der Waals surface area contributed by atoms with Crippen molar-refractivity contribution in [2.45, 2.75) is 13.5 Å². The fourth-order valence-electron chi connectivity index (χ4n) is 2.49. The first-order valence-electron chi connectivity index (χ1n) is 6.31. The van der Waals surface area contributed by atoms with Crippen LogP contribution in [-0.4, -0.2) is 9.55 Å². The number of nitrogens with two attached hydrogens (primary N) is 1. The average molecular weight is 239 g/mol. The highest BCUT2D eigenvalue weighted by atomic mass is 15.2. The fourth-order valence-corrected chi connectivity index (χ4v) is 2.49. The Bertz CT molecular complexity index is 622. The van der Waals surface area contributed by atoms with Crippen molar-refractivity contribution in [2.24, 2.45) is 11.8 Å². The second-order valence-electron chi connectivity index (χ2n) is 4.86. The van der Waals surface area contributed by atoms with Crippen LogP contribution < -0.4 is 5.73 Å². The Balaban J connectivity index is 1.97. The molecule has 2 N–H and O–H groups in total. The highest BCUT2D eigenvalue weighted by Gasteiger charge is 2.17. The summed E-state index contributed by atoms with van der Waals surface area (Å²) in [5, 5.41) is 0. The lowest BCUT2D eigenvalue weighted by molar-refractivity contribution is 0.443. The molecule has 1 aliphatic carbocycles. The van der Waals surface area contributed by atoms with E-state index in [2.05, 4.69) is 46.8 Å². The summed E-state index contributed by atoms with van der Waals surface area (Å²) in [7, 11) is 0. The van der Waals surface area contributed by atoms with E-state index in [0.29, 0.717) is 17.8 Å². The molecule has 3 nitrogen and oxygen atoms in total. The van der Waals surface area contributed by atoms with Crippen molar-refractivity contribution in [3.63, 3.8) is 0 Å². The second kappa shape index (κ2) is 4.33. The largest absolute Gasteiger partial charge is 0.369 e. The Hall–Kier alpha value is -2.03. The Labute approximate surface area is 107 Å². The third-order valence-electron chi connectivity index (χ3n) is 3.64. The van der Waals surface area contributed by atoms with Gasteiger partial charge >= 0.3 is 0 Å². The zero-order chi connectivity index (χ0) is 12.5. The summed E-state index contributed by atoms with van der Waals surface area (Å²) in [6, 6.07) is 8.10. The molecular weight excluding hydrogens is 222 g/mol. The van der Waals surface area contributed by atoms with Crippen molar-refractivity contribution in [1.82, 2.24) is 9.55 Å². The SMILES string of the molecule is CC1C=CC=CC1Cn1c(N)nc2ccccc21. The monoisotopic (exact) mass is 239 g/mol. The third kappa shape index (κ3) is 1.82. The normalized spacial score (nSPS) is 22.7. The number of rotatable bonds is 2. The number of hydrogen-bond acceptors (Lipinski definition) is 2. The van der Waals surface area contributed by atoms with Crippen LogP contribution in [0.4, 0.5) is 5.95 Å². The van der Waals surface area contributed by atoms with E-state index >= 15 is 0 Å². The van der Waals surface area contributed by atoms with Crippen LogP contribution in [0.2, 0.25) is 0 Å². The van der Waals surface area contributed by atoms with Gasteiger partial charge in [-0.1, -0.05) is 43.4 Å². The van der Waals surface area contributed by atoms with E-state index in [4.69, 9.17) is 5.73 Å². The minimum atomic E-state index is 0.481. The van der Waals surface area contributed by atoms with E-state index in [0.717, 1.165) is 17.6 Å². The number of fused-ring (bicyclic) bond motifs is 1. The van der Waals surface area contributed by atoms with Crippen molar-refractivity contribution < 1.29 is 0 Å². The second-order valence-corrected chi connectivity index (χ2v) is 4.86. The molecule has 0 aliphatic heterocycles. The highest BCUT2D eigenvalue weighted by molar-refractivity contribution is 5.78. The first kappa shape index (κ1) is 11.1. The lowest BCUT2D eigenvalue weighted by atomic mass is 9.90. The van der Waals surface area contributed by atoms with Gasteiger partial charge in [0, 0.05) is 12.5 Å². The highest BCUT2D eigenvalue weighted by Crippen LogP contribution is 2.25. The molecule has 0 amide bonds. The van der Waals surface area contributed by atoms with Gasteiger partial charge in [-0.15, -0.1) is 0 Å². The van der Waals surface area contributed by atoms with Crippen LogP contribution in [0.1, 0.15) is 6.92 Å². The molecule has 0 bridgehead atoms. The molecular formula is C15H17N3. The number of aromatic nitrogens is 2. The van der Waals surface area contributed by atoms with Crippen LogP contribution in [0.5, 0.6) is 0 Å². The van der Waals surface area contributed by atoms with E-state index in [-0.39, 0.29) is 0 Å². The Morgan fingerprint density at radius 3 is 2.83 bits per heavy atom. The van der Waals surface area contributed by atoms with Gasteiger partial charge in [-0.05, 0) is 18.1 Å². The molecule has 0 fully saturated rings. The lowest BCUT2D eigenvalue weighted by Gasteiger charge is -2.21. The van der Waals surface area contributed by atoms with Crippen LogP contribution in [0, 0.1) is 11.8 Å². The van der Waals surface area contributed by atoms with Crippen LogP contribution >= 0.6 is 0 Å². The Morgan fingerprint density at radius 2 is 2.00 bits per heavy atom. The first-order chi connectivity index (χ1) is 8.75. The average Bonchev–Trinajstić information content (AvgIpc) is 2.69. The van der Waals surface area contributed by atoms with Crippen molar-refractivity contribution in [2.75, 3.05) is 5.73 Å². The number of nitrogen functional groups attached to an aromatic ring is 1. The van der Waals surface area contributed by atoms with E-state index in [1.165, 1.54) is 0 Å².